The maximum atomic E-state index is 12.6. The minimum absolute atomic E-state index is 0.113. The zero-order valence-corrected chi connectivity index (χ0v) is 9.98. The van der Waals surface area contributed by atoms with Gasteiger partial charge in [0.05, 0.1) is 18.2 Å². The minimum Gasteiger partial charge on any atom is -0.394 e. The maximum absolute atomic E-state index is 12.6. The molecule has 1 aromatic rings. The molecule has 17 heavy (non-hydrogen) atoms. The Bertz CT molecular complexity index is 365. The highest BCUT2D eigenvalue weighted by molar-refractivity contribution is 5.94. The van der Waals surface area contributed by atoms with Crippen LogP contribution in [0.4, 0.5) is 4.39 Å². The number of pyridine rings is 1. The van der Waals surface area contributed by atoms with Crippen molar-refractivity contribution in [1.29, 1.82) is 0 Å². The van der Waals surface area contributed by atoms with E-state index in [2.05, 4.69) is 10.3 Å². The molecular formula is C12H17FN2O2. The third kappa shape index (κ3) is 4.48. The minimum atomic E-state index is -0.623. The molecule has 1 amide bonds. The molecule has 0 saturated carbocycles. The third-order valence-corrected chi connectivity index (χ3v) is 2.30. The summed E-state index contributed by atoms with van der Waals surface area (Å²) in [4.78, 5) is 15.1. The number of hydrogen-bond acceptors (Lipinski definition) is 3. The molecule has 5 heteroatoms. The lowest BCUT2D eigenvalue weighted by molar-refractivity contribution is 0.0908. The zero-order chi connectivity index (χ0) is 12.8. The highest BCUT2D eigenvalue weighted by Crippen LogP contribution is 2.06. The molecule has 0 radical (unpaired) electrons. The number of nitrogens with one attached hydrogen (secondary N) is 1. The Morgan fingerprint density at radius 2 is 2.24 bits per heavy atom. The van der Waals surface area contributed by atoms with E-state index in [9.17, 15) is 9.18 Å². The van der Waals surface area contributed by atoms with Gasteiger partial charge in [0, 0.05) is 6.20 Å². The van der Waals surface area contributed by atoms with E-state index < -0.39 is 5.95 Å². The lowest BCUT2D eigenvalue weighted by atomic mass is 10.0. The quantitative estimate of drug-likeness (QED) is 0.764. The van der Waals surface area contributed by atoms with Gasteiger partial charge in [0.25, 0.3) is 5.91 Å². The Kier molecular flexibility index (Phi) is 5.03. The van der Waals surface area contributed by atoms with Gasteiger partial charge in [-0.25, -0.2) is 4.98 Å². The standard InChI is InChI=1S/C12H17FN2O2/c1-8(2)5-10(7-16)15-12(17)9-3-4-11(13)14-6-9/h3-4,6,8,10,16H,5,7H2,1-2H3,(H,15,17). The predicted octanol–water partition coefficient (Wildman–Crippen LogP) is 1.36. The first-order valence-electron chi connectivity index (χ1n) is 5.56. The van der Waals surface area contributed by atoms with Crippen LogP contribution in [0.1, 0.15) is 30.6 Å². The van der Waals surface area contributed by atoms with Crippen molar-refractivity contribution in [2.75, 3.05) is 6.61 Å². The number of hydrogen-bond donors (Lipinski definition) is 2. The molecule has 2 N–H and O–H groups in total. The molecule has 0 fully saturated rings. The molecular weight excluding hydrogens is 223 g/mol. The molecule has 4 nitrogen and oxygen atoms in total. The lowest BCUT2D eigenvalue weighted by Crippen LogP contribution is -2.38. The van der Waals surface area contributed by atoms with E-state index in [-0.39, 0.29) is 24.1 Å². The summed E-state index contributed by atoms with van der Waals surface area (Å²) in [6, 6.07) is 2.21. The molecule has 1 unspecified atom stereocenters. The summed E-state index contributed by atoms with van der Waals surface area (Å²) in [5.74, 6) is -0.599. The van der Waals surface area contributed by atoms with Crippen LogP contribution in [0, 0.1) is 11.9 Å². The second-order valence-corrected chi connectivity index (χ2v) is 4.35. The fourth-order valence-electron chi connectivity index (χ4n) is 1.53. The van der Waals surface area contributed by atoms with Crippen molar-refractivity contribution in [3.63, 3.8) is 0 Å². The van der Waals surface area contributed by atoms with Crippen molar-refractivity contribution >= 4 is 5.91 Å². The van der Waals surface area contributed by atoms with Crippen LogP contribution in [-0.4, -0.2) is 28.6 Å². The average Bonchev–Trinajstić information content (AvgIpc) is 2.28. The Morgan fingerprint density at radius 1 is 1.53 bits per heavy atom. The Balaban J connectivity index is 2.61. The van der Waals surface area contributed by atoms with Gasteiger partial charge in [-0.2, -0.15) is 4.39 Å². The van der Waals surface area contributed by atoms with E-state index in [0.29, 0.717) is 12.3 Å². The smallest absolute Gasteiger partial charge is 0.253 e. The second-order valence-electron chi connectivity index (χ2n) is 4.35. The van der Waals surface area contributed by atoms with Crippen LogP contribution in [0.15, 0.2) is 18.3 Å². The molecule has 0 aromatic carbocycles. The van der Waals surface area contributed by atoms with Crippen LogP contribution in [0.3, 0.4) is 0 Å². The predicted molar refractivity (Wildman–Crippen MR) is 62.0 cm³/mol. The first-order chi connectivity index (χ1) is 8.02. The third-order valence-electron chi connectivity index (χ3n) is 2.30. The number of aromatic nitrogens is 1. The van der Waals surface area contributed by atoms with Crippen LogP contribution >= 0.6 is 0 Å². The monoisotopic (exact) mass is 240 g/mol. The van der Waals surface area contributed by atoms with Crippen LogP contribution in [0.25, 0.3) is 0 Å². The highest BCUT2D eigenvalue weighted by Gasteiger charge is 2.14. The number of halogens is 1. The van der Waals surface area contributed by atoms with E-state index in [1.165, 1.54) is 12.3 Å². The SMILES string of the molecule is CC(C)CC(CO)NC(=O)c1ccc(F)nc1. The number of carbonyl (C=O) groups excluding carboxylic acids is 1. The molecule has 1 aromatic heterocycles. The van der Waals surface area contributed by atoms with Gasteiger partial charge in [0.2, 0.25) is 5.95 Å². The van der Waals surface area contributed by atoms with Crippen LogP contribution < -0.4 is 5.32 Å². The lowest BCUT2D eigenvalue weighted by Gasteiger charge is -2.18. The normalized spacial score (nSPS) is 12.5. The van der Waals surface area contributed by atoms with E-state index in [1.54, 1.807) is 0 Å². The number of carbonyl (C=O) groups is 1. The fraction of sp³-hybridized carbons (Fsp3) is 0.500. The van der Waals surface area contributed by atoms with Gasteiger partial charge in [-0.05, 0) is 24.5 Å². The fourth-order valence-corrected chi connectivity index (χ4v) is 1.53. The van der Waals surface area contributed by atoms with Crippen molar-refractivity contribution in [3.05, 3.63) is 29.8 Å². The summed E-state index contributed by atoms with van der Waals surface area (Å²) in [5.41, 5.74) is 0.286. The van der Waals surface area contributed by atoms with Gasteiger partial charge < -0.3 is 10.4 Å². The topological polar surface area (TPSA) is 62.2 Å². The van der Waals surface area contributed by atoms with Crippen LogP contribution in [-0.2, 0) is 0 Å². The van der Waals surface area contributed by atoms with E-state index >= 15 is 0 Å². The number of aliphatic hydroxyl groups is 1. The molecule has 0 spiro atoms. The van der Waals surface area contributed by atoms with Crippen molar-refractivity contribution < 1.29 is 14.3 Å². The molecule has 0 saturated heterocycles. The van der Waals surface area contributed by atoms with Gasteiger partial charge in [-0.3, -0.25) is 4.79 Å². The number of aliphatic hydroxyl groups excluding tert-OH is 1. The summed E-state index contributed by atoms with van der Waals surface area (Å²) in [7, 11) is 0. The molecule has 1 heterocycles. The van der Waals surface area contributed by atoms with E-state index in [4.69, 9.17) is 5.11 Å². The average molecular weight is 240 g/mol. The zero-order valence-electron chi connectivity index (χ0n) is 9.98. The Labute approximate surface area is 99.9 Å². The largest absolute Gasteiger partial charge is 0.394 e. The maximum Gasteiger partial charge on any atom is 0.253 e. The molecule has 0 aliphatic carbocycles. The van der Waals surface area contributed by atoms with Gasteiger partial charge in [0.15, 0.2) is 0 Å². The number of rotatable bonds is 5. The van der Waals surface area contributed by atoms with E-state index in [0.717, 1.165) is 6.07 Å². The van der Waals surface area contributed by atoms with Crippen LogP contribution in [0.5, 0.6) is 0 Å². The highest BCUT2D eigenvalue weighted by atomic mass is 19.1. The molecule has 0 aliphatic rings. The first kappa shape index (κ1) is 13.6. The van der Waals surface area contributed by atoms with Gasteiger partial charge in [-0.1, -0.05) is 13.8 Å². The van der Waals surface area contributed by atoms with E-state index in [1.807, 2.05) is 13.8 Å². The molecule has 0 bridgehead atoms. The first-order valence-corrected chi connectivity index (χ1v) is 5.56. The van der Waals surface area contributed by atoms with Crippen LogP contribution in [0.2, 0.25) is 0 Å². The molecule has 1 rings (SSSR count). The van der Waals surface area contributed by atoms with Crippen molar-refractivity contribution in [2.24, 2.45) is 5.92 Å². The summed E-state index contributed by atoms with van der Waals surface area (Å²) < 4.78 is 12.6. The van der Waals surface area contributed by atoms with Gasteiger partial charge in [0.1, 0.15) is 0 Å². The van der Waals surface area contributed by atoms with Crippen molar-refractivity contribution in [1.82, 2.24) is 10.3 Å². The Hall–Kier alpha value is -1.49. The number of nitrogens with zero attached hydrogens (tertiary/aromatic N) is 1. The molecule has 94 valence electrons. The van der Waals surface area contributed by atoms with Crippen molar-refractivity contribution in [2.45, 2.75) is 26.3 Å². The number of amides is 1. The summed E-state index contributed by atoms with van der Waals surface area (Å²) in [6.45, 7) is 3.90. The van der Waals surface area contributed by atoms with Gasteiger partial charge >= 0.3 is 0 Å². The van der Waals surface area contributed by atoms with Gasteiger partial charge in [-0.15, -0.1) is 0 Å². The Morgan fingerprint density at radius 3 is 2.71 bits per heavy atom. The molecule has 1 atom stereocenters. The van der Waals surface area contributed by atoms with Crippen molar-refractivity contribution in [3.8, 4) is 0 Å². The summed E-state index contributed by atoms with van der Waals surface area (Å²) in [6.07, 6.45) is 1.87. The second kappa shape index (κ2) is 6.30. The molecule has 0 aliphatic heterocycles. The summed E-state index contributed by atoms with van der Waals surface area (Å²) >= 11 is 0. The summed E-state index contributed by atoms with van der Waals surface area (Å²) in [5, 5.41) is 11.8.